The Labute approximate surface area is 117 Å². The van der Waals surface area contributed by atoms with Crippen LogP contribution in [0, 0.1) is 10.1 Å². The minimum Gasteiger partial charge on any atom is -0.378 e. The molecular weight excluding hydrogens is 282 g/mol. The molecule has 20 heavy (non-hydrogen) atoms. The van der Waals surface area contributed by atoms with Crippen molar-refractivity contribution in [3.63, 3.8) is 0 Å². The van der Waals surface area contributed by atoms with Gasteiger partial charge < -0.3 is 11.1 Å². The molecule has 0 heterocycles. The van der Waals surface area contributed by atoms with Crippen LogP contribution in [0.1, 0.15) is 19.3 Å². The Morgan fingerprint density at radius 3 is 2.55 bits per heavy atom. The maximum atomic E-state index is 11.6. The van der Waals surface area contributed by atoms with E-state index < -0.39 is 20.4 Å². The van der Waals surface area contributed by atoms with Crippen LogP contribution < -0.4 is 11.1 Å². The monoisotopic (exact) mass is 299 g/mol. The van der Waals surface area contributed by atoms with Crippen LogP contribution in [0.25, 0.3) is 0 Å². The number of hydrogen-bond acceptors (Lipinski definition) is 6. The van der Waals surface area contributed by atoms with E-state index in [9.17, 15) is 18.5 Å². The van der Waals surface area contributed by atoms with Gasteiger partial charge in [0.2, 0.25) is 0 Å². The van der Waals surface area contributed by atoms with Crippen LogP contribution in [0.15, 0.2) is 23.1 Å². The van der Waals surface area contributed by atoms with E-state index in [4.69, 9.17) is 5.73 Å². The van der Waals surface area contributed by atoms with Crippen LogP contribution in [0.3, 0.4) is 0 Å². The predicted octanol–water partition coefficient (Wildman–Crippen LogP) is 1.29. The Morgan fingerprint density at radius 1 is 1.45 bits per heavy atom. The first-order valence-corrected chi connectivity index (χ1v) is 8.12. The van der Waals surface area contributed by atoms with Gasteiger partial charge in [-0.25, -0.2) is 8.42 Å². The summed E-state index contributed by atoms with van der Waals surface area (Å²) in [5.41, 5.74) is 5.47. The lowest BCUT2D eigenvalue weighted by Gasteiger charge is -2.38. The molecule has 0 unspecified atom stereocenters. The molecule has 0 amide bonds. The minimum atomic E-state index is -3.66. The van der Waals surface area contributed by atoms with Gasteiger partial charge in [0, 0.05) is 18.3 Å². The van der Waals surface area contributed by atoms with Gasteiger partial charge in [0.1, 0.15) is 10.6 Å². The third-order valence-corrected chi connectivity index (χ3v) is 4.69. The second-order valence-corrected chi connectivity index (χ2v) is 7.24. The minimum absolute atomic E-state index is 0.189. The fourth-order valence-electron chi connectivity index (χ4n) is 2.23. The van der Waals surface area contributed by atoms with E-state index in [1.54, 1.807) is 0 Å². The number of hydrogen-bond donors (Lipinski definition) is 2. The Kier molecular flexibility index (Phi) is 3.70. The summed E-state index contributed by atoms with van der Waals surface area (Å²) in [6.07, 6.45) is 3.72. The Hall–Kier alpha value is -1.67. The van der Waals surface area contributed by atoms with Gasteiger partial charge >= 0.3 is 5.69 Å². The van der Waals surface area contributed by atoms with E-state index in [1.807, 2.05) is 0 Å². The zero-order valence-electron chi connectivity index (χ0n) is 11.1. The molecule has 1 fully saturated rings. The molecule has 1 aliphatic carbocycles. The third-order valence-electron chi connectivity index (χ3n) is 3.56. The van der Waals surface area contributed by atoms with Crippen molar-refractivity contribution < 1.29 is 13.3 Å². The molecule has 1 aromatic carbocycles. The average Bonchev–Trinajstić information content (AvgIpc) is 2.32. The average molecular weight is 299 g/mol. The number of para-hydroxylation sites is 1. The molecule has 0 radical (unpaired) electrons. The fraction of sp³-hybridized carbons (Fsp3) is 0.500. The Morgan fingerprint density at radius 2 is 2.10 bits per heavy atom. The highest BCUT2D eigenvalue weighted by Crippen LogP contribution is 2.34. The lowest BCUT2D eigenvalue weighted by molar-refractivity contribution is -0.386. The SMILES string of the molecule is CS(=O)(=O)c1cccc(NCC2(N)CCC2)c1[N+](=O)[O-]. The first-order valence-electron chi connectivity index (χ1n) is 6.23. The largest absolute Gasteiger partial charge is 0.378 e. The summed E-state index contributed by atoms with van der Waals surface area (Å²) in [5.74, 6) is 0. The van der Waals surface area contributed by atoms with Crippen LogP contribution >= 0.6 is 0 Å². The number of sulfone groups is 1. The van der Waals surface area contributed by atoms with Gasteiger partial charge in [-0.3, -0.25) is 10.1 Å². The molecular formula is C12H17N3O4S. The van der Waals surface area contributed by atoms with Crippen molar-refractivity contribution in [2.24, 2.45) is 5.73 Å². The second kappa shape index (κ2) is 5.02. The van der Waals surface area contributed by atoms with Gasteiger partial charge in [-0.2, -0.15) is 0 Å². The summed E-state index contributed by atoms with van der Waals surface area (Å²) >= 11 is 0. The normalized spacial score (nSPS) is 17.3. The summed E-state index contributed by atoms with van der Waals surface area (Å²) in [6, 6.07) is 4.21. The van der Waals surface area contributed by atoms with Gasteiger partial charge in [0.15, 0.2) is 9.84 Å². The van der Waals surface area contributed by atoms with E-state index >= 15 is 0 Å². The maximum absolute atomic E-state index is 11.6. The van der Waals surface area contributed by atoms with Crippen molar-refractivity contribution in [2.45, 2.75) is 29.7 Å². The number of nitro benzene ring substituents is 1. The molecule has 0 aromatic heterocycles. The first kappa shape index (κ1) is 14.7. The molecule has 7 nitrogen and oxygen atoms in total. The molecule has 1 saturated carbocycles. The summed E-state index contributed by atoms with van der Waals surface area (Å²) < 4.78 is 23.2. The molecule has 3 N–H and O–H groups in total. The predicted molar refractivity (Wildman–Crippen MR) is 75.5 cm³/mol. The van der Waals surface area contributed by atoms with E-state index in [0.29, 0.717) is 6.54 Å². The van der Waals surface area contributed by atoms with Gasteiger partial charge in [0.05, 0.1) is 4.92 Å². The van der Waals surface area contributed by atoms with E-state index in [2.05, 4.69) is 5.32 Å². The van der Waals surface area contributed by atoms with E-state index in [-0.39, 0.29) is 16.1 Å². The zero-order chi connectivity index (χ0) is 15.0. The van der Waals surface area contributed by atoms with Gasteiger partial charge in [0.25, 0.3) is 0 Å². The molecule has 2 rings (SSSR count). The molecule has 0 atom stereocenters. The van der Waals surface area contributed by atoms with Crippen LogP contribution in [0.5, 0.6) is 0 Å². The Balaban J connectivity index is 2.35. The van der Waals surface area contributed by atoms with Crippen molar-refractivity contribution in [3.05, 3.63) is 28.3 Å². The Bertz CT molecular complexity index is 638. The molecule has 0 bridgehead atoms. The van der Waals surface area contributed by atoms with Crippen molar-refractivity contribution >= 4 is 21.2 Å². The summed E-state index contributed by atoms with van der Waals surface area (Å²) in [5, 5.41) is 14.1. The molecule has 1 aliphatic rings. The third kappa shape index (κ3) is 2.91. The van der Waals surface area contributed by atoms with Crippen LogP contribution in [-0.2, 0) is 9.84 Å². The van der Waals surface area contributed by atoms with E-state index in [0.717, 1.165) is 25.5 Å². The number of nitro groups is 1. The number of benzene rings is 1. The number of nitrogens with zero attached hydrogens (tertiary/aromatic N) is 1. The van der Waals surface area contributed by atoms with Crippen LogP contribution in [-0.4, -0.2) is 31.7 Å². The number of nitrogens with two attached hydrogens (primary N) is 1. The second-order valence-electron chi connectivity index (χ2n) is 5.25. The topological polar surface area (TPSA) is 115 Å². The van der Waals surface area contributed by atoms with Crippen LogP contribution in [0.2, 0.25) is 0 Å². The summed E-state index contributed by atoms with van der Waals surface area (Å²) in [6.45, 7) is 0.390. The maximum Gasteiger partial charge on any atom is 0.310 e. The number of rotatable bonds is 5. The van der Waals surface area contributed by atoms with Gasteiger partial charge in [-0.1, -0.05) is 6.07 Å². The van der Waals surface area contributed by atoms with Crippen molar-refractivity contribution in [2.75, 3.05) is 18.1 Å². The quantitative estimate of drug-likeness (QED) is 0.625. The van der Waals surface area contributed by atoms with Crippen molar-refractivity contribution in [3.8, 4) is 0 Å². The van der Waals surface area contributed by atoms with Crippen molar-refractivity contribution in [1.29, 1.82) is 0 Å². The molecule has 1 aromatic rings. The summed E-state index contributed by atoms with van der Waals surface area (Å²) in [4.78, 5) is 10.2. The number of anilines is 1. The van der Waals surface area contributed by atoms with Gasteiger partial charge in [-0.05, 0) is 31.4 Å². The first-order chi connectivity index (χ1) is 9.23. The standard InChI is InChI=1S/C12H17N3O4S/c1-20(18,19)10-5-2-4-9(11(10)15(16)17)14-8-12(13)6-3-7-12/h2,4-5,14H,3,6-8,13H2,1H3. The lowest BCUT2D eigenvalue weighted by Crippen LogP contribution is -2.52. The van der Waals surface area contributed by atoms with Crippen molar-refractivity contribution in [1.82, 2.24) is 0 Å². The highest BCUT2D eigenvalue weighted by molar-refractivity contribution is 7.90. The smallest absolute Gasteiger partial charge is 0.310 e. The molecule has 8 heteroatoms. The summed E-state index contributed by atoms with van der Waals surface area (Å²) in [7, 11) is -3.66. The highest BCUT2D eigenvalue weighted by atomic mass is 32.2. The van der Waals surface area contributed by atoms with Crippen LogP contribution in [0.4, 0.5) is 11.4 Å². The zero-order valence-corrected chi connectivity index (χ0v) is 11.9. The fourth-order valence-corrected chi connectivity index (χ4v) is 3.09. The highest BCUT2D eigenvalue weighted by Gasteiger charge is 2.33. The molecule has 0 spiro atoms. The lowest BCUT2D eigenvalue weighted by atomic mass is 9.78. The van der Waals surface area contributed by atoms with Gasteiger partial charge in [-0.15, -0.1) is 0 Å². The van der Waals surface area contributed by atoms with E-state index in [1.165, 1.54) is 18.2 Å². The molecule has 0 saturated heterocycles. The molecule has 110 valence electrons. The number of nitrogens with one attached hydrogen (secondary N) is 1. The molecule has 0 aliphatic heterocycles.